The van der Waals surface area contributed by atoms with E-state index in [2.05, 4.69) is 0 Å². The highest BCUT2D eigenvalue weighted by Crippen LogP contribution is 2.17. The molecule has 0 bridgehead atoms. The third-order valence-corrected chi connectivity index (χ3v) is 1.89. The van der Waals surface area contributed by atoms with Gasteiger partial charge in [-0.2, -0.15) is 0 Å². The van der Waals surface area contributed by atoms with Crippen molar-refractivity contribution in [3.63, 3.8) is 0 Å². The van der Waals surface area contributed by atoms with Gasteiger partial charge in [-0.1, -0.05) is 19.1 Å². The lowest BCUT2D eigenvalue weighted by Gasteiger charge is -2.17. The average Bonchev–Trinajstić information content (AvgIpc) is 2.09. The Bertz CT molecular complexity index is 236. The Labute approximate surface area is 72.9 Å². The van der Waals surface area contributed by atoms with Gasteiger partial charge in [-0.25, -0.2) is 0 Å². The summed E-state index contributed by atoms with van der Waals surface area (Å²) in [5.74, 6) is 0.108. The molecule has 12 heavy (non-hydrogen) atoms. The number of allylic oxidation sites excluding steroid dienone is 2. The van der Waals surface area contributed by atoms with Crippen molar-refractivity contribution in [1.29, 1.82) is 0 Å². The fraction of sp³-hybridized carbons (Fsp3) is 0.500. The molecule has 2 heteroatoms. The van der Waals surface area contributed by atoms with Crippen LogP contribution in [0.25, 0.3) is 0 Å². The van der Waals surface area contributed by atoms with Gasteiger partial charge in [0.2, 0.25) is 0 Å². The van der Waals surface area contributed by atoms with Crippen molar-refractivity contribution in [2.45, 2.75) is 20.3 Å². The molecule has 1 rings (SSSR count). The zero-order valence-corrected chi connectivity index (χ0v) is 7.59. The summed E-state index contributed by atoms with van der Waals surface area (Å²) in [6.45, 7) is 4.78. The second-order valence-electron chi connectivity index (χ2n) is 2.76. The van der Waals surface area contributed by atoms with Gasteiger partial charge in [0.1, 0.15) is 6.61 Å². The maximum Gasteiger partial charge on any atom is 0.188 e. The minimum Gasteiger partial charge on any atom is -0.369 e. The molecular formula is C10H14O2. The molecule has 0 N–H and O–H groups in total. The summed E-state index contributed by atoms with van der Waals surface area (Å²) in [4.78, 5) is 11.3. The molecular weight excluding hydrogens is 152 g/mol. The SMILES string of the molecule is C/C=C1/COCC(=O)/C1=C/CC. The molecule has 0 unspecified atom stereocenters. The molecule has 0 amide bonds. The van der Waals surface area contributed by atoms with E-state index >= 15 is 0 Å². The van der Waals surface area contributed by atoms with Crippen LogP contribution in [0, 0.1) is 0 Å². The first-order valence-electron chi connectivity index (χ1n) is 4.26. The number of carbonyl (C=O) groups is 1. The van der Waals surface area contributed by atoms with E-state index in [4.69, 9.17) is 4.74 Å². The van der Waals surface area contributed by atoms with E-state index in [0.717, 1.165) is 17.6 Å². The molecule has 1 saturated heterocycles. The Morgan fingerprint density at radius 2 is 2.25 bits per heavy atom. The molecule has 0 saturated carbocycles. The lowest BCUT2D eigenvalue weighted by molar-refractivity contribution is -0.120. The Balaban J connectivity index is 2.88. The number of Topliss-reactive ketones (excluding diaryl/α,β-unsaturated/α-hetero) is 1. The van der Waals surface area contributed by atoms with Gasteiger partial charge in [-0.3, -0.25) is 4.79 Å². The fourth-order valence-electron chi connectivity index (χ4n) is 1.28. The summed E-state index contributed by atoms with van der Waals surface area (Å²) < 4.78 is 5.10. The van der Waals surface area contributed by atoms with E-state index in [-0.39, 0.29) is 12.4 Å². The van der Waals surface area contributed by atoms with Gasteiger partial charge >= 0.3 is 0 Å². The number of rotatable bonds is 1. The monoisotopic (exact) mass is 166 g/mol. The van der Waals surface area contributed by atoms with Gasteiger partial charge in [0.05, 0.1) is 6.61 Å². The molecule has 66 valence electrons. The van der Waals surface area contributed by atoms with Crippen LogP contribution in [-0.2, 0) is 9.53 Å². The van der Waals surface area contributed by atoms with Crippen molar-refractivity contribution >= 4 is 5.78 Å². The number of hydrogen-bond acceptors (Lipinski definition) is 2. The maximum absolute atomic E-state index is 11.3. The highest BCUT2D eigenvalue weighted by molar-refractivity contribution is 6.01. The van der Waals surface area contributed by atoms with Crippen LogP contribution in [0.1, 0.15) is 20.3 Å². The zero-order chi connectivity index (χ0) is 8.97. The number of ether oxygens (including phenoxy) is 1. The molecule has 0 spiro atoms. The minimum absolute atomic E-state index is 0.108. The second-order valence-corrected chi connectivity index (χ2v) is 2.76. The molecule has 1 fully saturated rings. The van der Waals surface area contributed by atoms with Crippen molar-refractivity contribution < 1.29 is 9.53 Å². The summed E-state index contributed by atoms with van der Waals surface area (Å²) in [5, 5.41) is 0. The van der Waals surface area contributed by atoms with Crippen LogP contribution in [-0.4, -0.2) is 19.0 Å². The zero-order valence-electron chi connectivity index (χ0n) is 7.59. The first-order valence-corrected chi connectivity index (χ1v) is 4.26. The van der Waals surface area contributed by atoms with Crippen LogP contribution in [0.4, 0.5) is 0 Å². The first-order chi connectivity index (χ1) is 5.79. The predicted molar refractivity (Wildman–Crippen MR) is 48.0 cm³/mol. The molecule has 1 aliphatic heterocycles. The van der Waals surface area contributed by atoms with Crippen molar-refractivity contribution in [2.75, 3.05) is 13.2 Å². The van der Waals surface area contributed by atoms with E-state index in [1.165, 1.54) is 0 Å². The molecule has 0 aromatic heterocycles. The normalized spacial score (nSPS) is 25.3. The van der Waals surface area contributed by atoms with Crippen molar-refractivity contribution in [2.24, 2.45) is 0 Å². The lowest BCUT2D eigenvalue weighted by atomic mass is 9.99. The summed E-state index contributed by atoms with van der Waals surface area (Å²) in [6, 6.07) is 0. The predicted octanol–water partition coefficient (Wildman–Crippen LogP) is 1.87. The maximum atomic E-state index is 11.3. The lowest BCUT2D eigenvalue weighted by Crippen LogP contribution is -2.22. The molecule has 0 aromatic rings. The van der Waals surface area contributed by atoms with E-state index in [1.54, 1.807) is 0 Å². The molecule has 0 aliphatic carbocycles. The van der Waals surface area contributed by atoms with E-state index in [1.807, 2.05) is 26.0 Å². The van der Waals surface area contributed by atoms with Crippen LogP contribution in [0.15, 0.2) is 23.3 Å². The first kappa shape index (κ1) is 9.20. The molecule has 0 aromatic carbocycles. The number of carbonyl (C=O) groups excluding carboxylic acids is 1. The van der Waals surface area contributed by atoms with Crippen molar-refractivity contribution in [3.8, 4) is 0 Å². The number of ketones is 1. The van der Waals surface area contributed by atoms with Gasteiger partial charge in [0.25, 0.3) is 0 Å². The van der Waals surface area contributed by atoms with Gasteiger partial charge in [-0.05, 0) is 18.9 Å². The topological polar surface area (TPSA) is 26.3 Å². The highest BCUT2D eigenvalue weighted by atomic mass is 16.5. The Morgan fingerprint density at radius 3 is 2.83 bits per heavy atom. The number of hydrogen-bond donors (Lipinski definition) is 0. The van der Waals surface area contributed by atoms with Crippen LogP contribution in [0.5, 0.6) is 0 Å². The second kappa shape index (κ2) is 4.21. The fourth-order valence-corrected chi connectivity index (χ4v) is 1.28. The van der Waals surface area contributed by atoms with Crippen LogP contribution in [0.2, 0.25) is 0 Å². The Kier molecular flexibility index (Phi) is 3.23. The molecule has 0 atom stereocenters. The third kappa shape index (κ3) is 1.83. The summed E-state index contributed by atoms with van der Waals surface area (Å²) >= 11 is 0. The van der Waals surface area contributed by atoms with Crippen LogP contribution < -0.4 is 0 Å². The van der Waals surface area contributed by atoms with Crippen molar-refractivity contribution in [3.05, 3.63) is 23.3 Å². The van der Waals surface area contributed by atoms with Gasteiger partial charge < -0.3 is 4.74 Å². The molecule has 1 heterocycles. The quantitative estimate of drug-likeness (QED) is 0.556. The minimum atomic E-state index is 0.108. The van der Waals surface area contributed by atoms with Gasteiger partial charge in [-0.15, -0.1) is 0 Å². The third-order valence-electron chi connectivity index (χ3n) is 1.89. The smallest absolute Gasteiger partial charge is 0.188 e. The van der Waals surface area contributed by atoms with Gasteiger partial charge in [0, 0.05) is 5.57 Å². The van der Waals surface area contributed by atoms with E-state index < -0.39 is 0 Å². The Morgan fingerprint density at radius 1 is 1.50 bits per heavy atom. The molecule has 2 nitrogen and oxygen atoms in total. The van der Waals surface area contributed by atoms with E-state index in [0.29, 0.717) is 6.61 Å². The average molecular weight is 166 g/mol. The Hall–Kier alpha value is -0.890. The van der Waals surface area contributed by atoms with Crippen LogP contribution in [0.3, 0.4) is 0 Å². The standard InChI is InChI=1S/C10H14O2/c1-3-5-9-8(4-2)6-12-7-10(9)11/h4-5H,3,6-7H2,1-2H3/b8-4-,9-5+. The summed E-state index contributed by atoms with van der Waals surface area (Å²) in [5.41, 5.74) is 1.87. The summed E-state index contributed by atoms with van der Waals surface area (Å²) in [7, 11) is 0. The van der Waals surface area contributed by atoms with Gasteiger partial charge in [0.15, 0.2) is 5.78 Å². The molecule has 1 aliphatic rings. The molecule has 0 radical (unpaired) electrons. The highest BCUT2D eigenvalue weighted by Gasteiger charge is 2.18. The summed E-state index contributed by atoms with van der Waals surface area (Å²) in [6.07, 6.45) is 4.82. The largest absolute Gasteiger partial charge is 0.369 e. The van der Waals surface area contributed by atoms with Crippen LogP contribution >= 0.6 is 0 Å². The van der Waals surface area contributed by atoms with E-state index in [9.17, 15) is 4.79 Å². The van der Waals surface area contributed by atoms with Crippen molar-refractivity contribution in [1.82, 2.24) is 0 Å².